The number of ether oxygens (including phenoxy) is 3. The van der Waals surface area contributed by atoms with Crippen molar-refractivity contribution in [3.8, 4) is 17.6 Å². The average Bonchev–Trinajstić information content (AvgIpc) is 2.58. The van der Waals surface area contributed by atoms with Crippen molar-refractivity contribution in [3.63, 3.8) is 0 Å². The Morgan fingerprint density at radius 2 is 2.00 bits per heavy atom. The van der Waals surface area contributed by atoms with E-state index >= 15 is 0 Å². The first-order valence-corrected chi connectivity index (χ1v) is 8.37. The maximum Gasteiger partial charge on any atom is 0.205 e. The molecule has 0 unspecified atom stereocenters. The van der Waals surface area contributed by atoms with Crippen LogP contribution in [0.4, 0.5) is 0 Å². The summed E-state index contributed by atoms with van der Waals surface area (Å²) in [6, 6.07) is 7.50. The number of nitrogens with zero attached hydrogens (tertiary/aromatic N) is 1. The molecule has 1 aromatic carbocycles. The lowest BCUT2D eigenvalue weighted by molar-refractivity contribution is -0.119. The summed E-state index contributed by atoms with van der Waals surface area (Å²) in [7, 11) is 3.07. The lowest BCUT2D eigenvalue weighted by atomic mass is 9.70. The van der Waals surface area contributed by atoms with E-state index in [2.05, 4.69) is 6.07 Å². The third-order valence-electron chi connectivity index (χ3n) is 4.82. The number of carbonyl (C=O) groups is 1. The molecule has 1 aliphatic heterocycles. The van der Waals surface area contributed by atoms with Crippen LogP contribution in [0.5, 0.6) is 11.5 Å². The van der Waals surface area contributed by atoms with Gasteiger partial charge in [0.05, 0.1) is 20.1 Å². The van der Waals surface area contributed by atoms with Gasteiger partial charge in [-0.3, -0.25) is 4.79 Å². The van der Waals surface area contributed by atoms with Gasteiger partial charge in [-0.2, -0.15) is 5.26 Å². The molecule has 2 N–H and O–H groups in total. The number of nitrogens with two attached hydrogens (primary N) is 1. The molecule has 1 atom stereocenters. The molecule has 6 nitrogen and oxygen atoms in total. The Balaban J connectivity index is 2.26. The van der Waals surface area contributed by atoms with E-state index in [0.717, 1.165) is 0 Å². The summed E-state index contributed by atoms with van der Waals surface area (Å²) in [5.74, 6) is 0.915. The van der Waals surface area contributed by atoms with Crippen LogP contribution in [0.25, 0.3) is 0 Å². The molecule has 3 rings (SSSR count). The summed E-state index contributed by atoms with van der Waals surface area (Å²) in [6.45, 7) is 4.03. The van der Waals surface area contributed by atoms with Crippen molar-refractivity contribution < 1.29 is 19.0 Å². The number of Topliss-reactive ketones (excluding diaryl/α,β-unsaturated/α-hetero) is 1. The number of hydrogen-bond acceptors (Lipinski definition) is 6. The lowest BCUT2D eigenvalue weighted by Gasteiger charge is -2.37. The molecular weight excluding hydrogens is 332 g/mol. The van der Waals surface area contributed by atoms with Gasteiger partial charge >= 0.3 is 0 Å². The zero-order valence-corrected chi connectivity index (χ0v) is 15.4. The van der Waals surface area contributed by atoms with Gasteiger partial charge < -0.3 is 19.9 Å². The SMILES string of the molecule is COc1cccc([C@H]2C(C#N)=C(N)OC3=C2C(=O)CC(C)(C)C3)c1OC. The highest BCUT2D eigenvalue weighted by Gasteiger charge is 2.44. The third-order valence-corrected chi connectivity index (χ3v) is 4.82. The summed E-state index contributed by atoms with van der Waals surface area (Å²) in [4.78, 5) is 13.0. The van der Waals surface area contributed by atoms with Crippen molar-refractivity contribution in [1.82, 2.24) is 0 Å². The number of benzene rings is 1. The van der Waals surface area contributed by atoms with Crippen LogP contribution in [0.1, 0.15) is 38.2 Å². The fraction of sp³-hybridized carbons (Fsp3) is 0.400. The number of hydrogen-bond donors (Lipinski definition) is 1. The van der Waals surface area contributed by atoms with Crippen LogP contribution in [-0.2, 0) is 9.53 Å². The van der Waals surface area contributed by atoms with Crippen LogP contribution >= 0.6 is 0 Å². The average molecular weight is 354 g/mol. The lowest BCUT2D eigenvalue weighted by Crippen LogP contribution is -2.33. The van der Waals surface area contributed by atoms with Gasteiger partial charge in [0.25, 0.3) is 0 Å². The molecule has 0 radical (unpaired) electrons. The standard InChI is InChI=1S/C20H22N2O4/c1-20(2)8-13(23)17-15(9-20)26-19(22)12(10-21)16(17)11-6-5-7-14(24-3)18(11)25-4/h5-7,16H,8-9,22H2,1-4H3/t16-/m0/s1. The van der Waals surface area contributed by atoms with E-state index in [1.807, 2.05) is 19.9 Å². The topological polar surface area (TPSA) is 94.6 Å². The second-order valence-electron chi connectivity index (χ2n) is 7.29. The smallest absolute Gasteiger partial charge is 0.205 e. The number of nitriles is 1. The van der Waals surface area contributed by atoms with Crippen molar-refractivity contribution >= 4 is 5.78 Å². The molecule has 0 aromatic heterocycles. The predicted molar refractivity (Wildman–Crippen MR) is 95.2 cm³/mol. The van der Waals surface area contributed by atoms with Crippen LogP contribution in [-0.4, -0.2) is 20.0 Å². The summed E-state index contributed by atoms with van der Waals surface area (Å²) in [5, 5.41) is 9.69. The second kappa shape index (κ2) is 6.41. The summed E-state index contributed by atoms with van der Waals surface area (Å²) >= 11 is 0. The Morgan fingerprint density at radius 1 is 1.27 bits per heavy atom. The molecule has 0 bridgehead atoms. The summed E-state index contributed by atoms with van der Waals surface area (Å²) in [6.07, 6.45) is 0.965. The third kappa shape index (κ3) is 2.80. The van der Waals surface area contributed by atoms with Gasteiger partial charge in [-0.05, 0) is 11.5 Å². The summed E-state index contributed by atoms with van der Waals surface area (Å²) in [5.41, 5.74) is 7.18. The molecule has 26 heavy (non-hydrogen) atoms. The zero-order chi connectivity index (χ0) is 19.1. The largest absolute Gasteiger partial charge is 0.493 e. The van der Waals surface area contributed by atoms with Crippen molar-refractivity contribution in [2.45, 2.75) is 32.6 Å². The first kappa shape index (κ1) is 17.9. The van der Waals surface area contributed by atoms with Gasteiger partial charge in [-0.15, -0.1) is 0 Å². The molecule has 1 heterocycles. The highest BCUT2D eigenvalue weighted by atomic mass is 16.5. The fourth-order valence-corrected chi connectivity index (χ4v) is 3.74. The number of carbonyl (C=O) groups excluding carboxylic acids is 1. The predicted octanol–water partition coefficient (Wildman–Crippen LogP) is 3.15. The van der Waals surface area contributed by atoms with E-state index in [9.17, 15) is 10.1 Å². The molecule has 0 saturated carbocycles. The molecule has 6 heteroatoms. The van der Waals surface area contributed by atoms with E-state index in [-0.39, 0.29) is 22.7 Å². The second-order valence-corrected chi connectivity index (χ2v) is 7.29. The van der Waals surface area contributed by atoms with Crippen molar-refractivity contribution in [2.75, 3.05) is 14.2 Å². The number of allylic oxidation sites excluding steroid dienone is 3. The maximum atomic E-state index is 13.0. The first-order chi connectivity index (χ1) is 12.3. The molecule has 2 aliphatic rings. The molecule has 1 aromatic rings. The molecule has 136 valence electrons. The van der Waals surface area contributed by atoms with Gasteiger partial charge in [-0.1, -0.05) is 26.0 Å². The molecule has 1 aliphatic carbocycles. The molecule has 0 saturated heterocycles. The summed E-state index contributed by atoms with van der Waals surface area (Å²) < 4.78 is 16.6. The minimum atomic E-state index is -0.627. The highest BCUT2D eigenvalue weighted by molar-refractivity contribution is 6.00. The molecule has 0 fully saturated rings. The van der Waals surface area contributed by atoms with E-state index in [4.69, 9.17) is 19.9 Å². The zero-order valence-electron chi connectivity index (χ0n) is 15.4. The Hall–Kier alpha value is -2.94. The van der Waals surface area contributed by atoms with Crippen LogP contribution in [0.3, 0.4) is 0 Å². The Bertz CT molecular complexity index is 874. The highest BCUT2D eigenvalue weighted by Crippen LogP contribution is 2.50. The van der Waals surface area contributed by atoms with Crippen molar-refractivity contribution in [1.29, 1.82) is 5.26 Å². The van der Waals surface area contributed by atoms with Gasteiger partial charge in [0, 0.05) is 24.0 Å². The number of ketones is 1. The van der Waals surface area contributed by atoms with E-state index in [1.54, 1.807) is 19.2 Å². The van der Waals surface area contributed by atoms with Gasteiger partial charge in [0.1, 0.15) is 17.4 Å². The van der Waals surface area contributed by atoms with Crippen LogP contribution < -0.4 is 15.2 Å². The van der Waals surface area contributed by atoms with Crippen LogP contribution in [0, 0.1) is 16.7 Å². The minimum Gasteiger partial charge on any atom is -0.493 e. The van der Waals surface area contributed by atoms with Crippen molar-refractivity contribution in [3.05, 3.63) is 46.6 Å². The Morgan fingerprint density at radius 3 is 2.62 bits per heavy atom. The fourth-order valence-electron chi connectivity index (χ4n) is 3.74. The Kier molecular flexibility index (Phi) is 4.41. The maximum absolute atomic E-state index is 13.0. The molecule has 0 spiro atoms. The molecular formula is C20H22N2O4. The quantitative estimate of drug-likeness (QED) is 0.896. The van der Waals surface area contributed by atoms with Crippen molar-refractivity contribution in [2.24, 2.45) is 11.1 Å². The monoisotopic (exact) mass is 354 g/mol. The van der Waals surface area contributed by atoms with Crippen LogP contribution in [0.2, 0.25) is 0 Å². The van der Waals surface area contributed by atoms with Gasteiger partial charge in [-0.25, -0.2) is 0 Å². The van der Waals surface area contributed by atoms with E-state index in [1.165, 1.54) is 7.11 Å². The van der Waals surface area contributed by atoms with Gasteiger partial charge in [0.2, 0.25) is 5.88 Å². The first-order valence-electron chi connectivity index (χ1n) is 8.37. The van der Waals surface area contributed by atoms with Gasteiger partial charge in [0.15, 0.2) is 17.3 Å². The number of rotatable bonds is 3. The normalized spacial score (nSPS) is 21.7. The minimum absolute atomic E-state index is 0.0339. The van der Waals surface area contributed by atoms with Crippen LogP contribution in [0.15, 0.2) is 41.0 Å². The van der Waals surface area contributed by atoms with E-state index in [0.29, 0.717) is 41.2 Å². The van der Waals surface area contributed by atoms with E-state index < -0.39 is 5.92 Å². The number of methoxy groups -OCH3 is 2. The number of para-hydroxylation sites is 1. The molecule has 0 amide bonds. The Labute approximate surface area is 152 Å².